The van der Waals surface area contributed by atoms with Crippen LogP contribution in [-0.4, -0.2) is 56.7 Å². The van der Waals surface area contributed by atoms with Gasteiger partial charge in [0.2, 0.25) is 0 Å². The molecule has 0 aliphatic carbocycles. The van der Waals surface area contributed by atoms with Gasteiger partial charge in [0.15, 0.2) is 0 Å². The number of hydrogen-bond donors (Lipinski definition) is 5. The summed E-state index contributed by atoms with van der Waals surface area (Å²) in [6.07, 6.45) is 1.71. The Morgan fingerprint density at radius 3 is 2.29 bits per heavy atom. The van der Waals surface area contributed by atoms with Gasteiger partial charge < -0.3 is 20.9 Å². The van der Waals surface area contributed by atoms with Crippen molar-refractivity contribution in [2.75, 3.05) is 6.54 Å². The zero-order valence-corrected chi connectivity index (χ0v) is 16.7. The minimum Gasteiger partial charge on any atom is -0.480 e. The van der Waals surface area contributed by atoms with E-state index in [1.54, 1.807) is 36.5 Å². The van der Waals surface area contributed by atoms with Gasteiger partial charge in [0, 0.05) is 29.9 Å². The van der Waals surface area contributed by atoms with E-state index in [9.17, 15) is 24.6 Å². The van der Waals surface area contributed by atoms with Crippen molar-refractivity contribution >= 4 is 28.7 Å². The zero-order valence-electron chi connectivity index (χ0n) is 16.7. The van der Waals surface area contributed by atoms with E-state index < -0.39 is 36.5 Å². The second-order valence-electron chi connectivity index (χ2n) is 7.10. The van der Waals surface area contributed by atoms with Crippen LogP contribution in [0.15, 0.2) is 60.8 Å². The molecule has 0 radical (unpaired) electrons. The van der Waals surface area contributed by atoms with Crippen molar-refractivity contribution < 1.29 is 24.6 Å². The Morgan fingerprint density at radius 1 is 0.968 bits per heavy atom. The highest BCUT2D eigenvalue weighted by atomic mass is 16.4. The van der Waals surface area contributed by atoms with Gasteiger partial charge >= 0.3 is 11.9 Å². The van der Waals surface area contributed by atoms with Crippen molar-refractivity contribution in [3.05, 3.63) is 71.9 Å². The van der Waals surface area contributed by atoms with Gasteiger partial charge in [-0.3, -0.25) is 14.6 Å². The summed E-state index contributed by atoms with van der Waals surface area (Å²) >= 11 is 0. The molecule has 1 amide bonds. The van der Waals surface area contributed by atoms with Crippen LogP contribution in [0, 0.1) is 0 Å². The molecule has 0 fully saturated rings. The van der Waals surface area contributed by atoms with Crippen molar-refractivity contribution in [2.45, 2.75) is 24.9 Å². The zero-order chi connectivity index (χ0) is 22.4. The third-order valence-corrected chi connectivity index (χ3v) is 5.00. The third kappa shape index (κ3) is 5.27. The van der Waals surface area contributed by atoms with Crippen LogP contribution in [0.3, 0.4) is 0 Å². The first-order valence-electron chi connectivity index (χ1n) is 9.73. The predicted octanol–water partition coefficient (Wildman–Crippen LogP) is 1.15. The summed E-state index contributed by atoms with van der Waals surface area (Å²) in [6.45, 7) is -0.470. The first kappa shape index (κ1) is 22.0. The number of aromatic nitrogens is 1. The SMILES string of the molecule is NCC(=O)N(N[C@@H](Cc1ccccc1)C(=O)O)[C@@H](Cc1c[nH]c2ccccc12)C(=O)O. The molecule has 162 valence electrons. The van der Waals surface area contributed by atoms with Crippen LogP contribution in [0.4, 0.5) is 0 Å². The molecule has 2 aromatic carbocycles. The Balaban J connectivity index is 1.89. The highest BCUT2D eigenvalue weighted by Crippen LogP contribution is 2.21. The number of carboxylic acid groups (broad SMARTS) is 2. The summed E-state index contributed by atoms with van der Waals surface area (Å²) in [6, 6.07) is 13.7. The molecule has 2 atom stereocenters. The number of nitrogens with two attached hydrogens (primary N) is 1. The number of rotatable bonds is 10. The number of carbonyl (C=O) groups excluding carboxylic acids is 1. The number of H-pyrrole nitrogens is 1. The number of fused-ring (bicyclic) bond motifs is 1. The maximum absolute atomic E-state index is 12.5. The number of carbonyl (C=O) groups is 3. The second kappa shape index (κ2) is 9.88. The van der Waals surface area contributed by atoms with E-state index >= 15 is 0 Å². The third-order valence-electron chi connectivity index (χ3n) is 5.00. The first-order chi connectivity index (χ1) is 14.9. The van der Waals surface area contributed by atoms with Crippen molar-refractivity contribution in [1.82, 2.24) is 15.4 Å². The van der Waals surface area contributed by atoms with Crippen LogP contribution >= 0.6 is 0 Å². The Labute approximate surface area is 178 Å². The van der Waals surface area contributed by atoms with Gasteiger partial charge in [0.1, 0.15) is 12.1 Å². The van der Waals surface area contributed by atoms with E-state index in [4.69, 9.17) is 5.73 Å². The number of para-hydroxylation sites is 1. The largest absolute Gasteiger partial charge is 0.480 e. The number of nitrogens with zero attached hydrogens (tertiary/aromatic N) is 1. The average molecular weight is 424 g/mol. The van der Waals surface area contributed by atoms with Crippen LogP contribution in [0.5, 0.6) is 0 Å². The molecule has 3 rings (SSSR count). The molecule has 9 nitrogen and oxygen atoms in total. The van der Waals surface area contributed by atoms with Gasteiger partial charge in [-0.15, -0.1) is 0 Å². The highest BCUT2D eigenvalue weighted by molar-refractivity contribution is 5.87. The number of aliphatic carboxylic acids is 2. The molecule has 0 spiro atoms. The summed E-state index contributed by atoms with van der Waals surface area (Å²) in [7, 11) is 0. The van der Waals surface area contributed by atoms with E-state index in [0.29, 0.717) is 5.56 Å². The number of nitrogens with one attached hydrogen (secondary N) is 2. The molecule has 6 N–H and O–H groups in total. The Morgan fingerprint density at radius 2 is 1.65 bits per heavy atom. The molecular weight excluding hydrogens is 400 g/mol. The maximum Gasteiger partial charge on any atom is 0.328 e. The van der Waals surface area contributed by atoms with Crippen LogP contribution in [0.1, 0.15) is 11.1 Å². The monoisotopic (exact) mass is 424 g/mol. The van der Waals surface area contributed by atoms with Gasteiger partial charge in [-0.25, -0.2) is 10.2 Å². The molecular formula is C22H24N4O5. The van der Waals surface area contributed by atoms with Gasteiger partial charge in [0.05, 0.1) is 6.54 Å². The Bertz CT molecular complexity index is 1070. The molecule has 0 saturated carbocycles. The molecule has 0 unspecified atom stereocenters. The molecule has 1 heterocycles. The lowest BCUT2D eigenvalue weighted by molar-refractivity contribution is -0.156. The lowest BCUT2D eigenvalue weighted by Gasteiger charge is -2.32. The van der Waals surface area contributed by atoms with Gasteiger partial charge in [0.25, 0.3) is 5.91 Å². The fraction of sp³-hybridized carbons (Fsp3) is 0.227. The van der Waals surface area contributed by atoms with Crippen molar-refractivity contribution in [3.8, 4) is 0 Å². The fourth-order valence-electron chi connectivity index (χ4n) is 3.44. The molecule has 0 bridgehead atoms. The lowest BCUT2D eigenvalue weighted by Crippen LogP contribution is -2.60. The molecule has 9 heteroatoms. The number of aromatic amines is 1. The van der Waals surface area contributed by atoms with Crippen LogP contribution in [-0.2, 0) is 27.2 Å². The number of carboxylic acids is 2. The smallest absolute Gasteiger partial charge is 0.328 e. The van der Waals surface area contributed by atoms with Crippen molar-refractivity contribution in [2.24, 2.45) is 5.73 Å². The number of hydrazine groups is 1. The molecule has 0 aliphatic heterocycles. The van der Waals surface area contributed by atoms with E-state index in [1.807, 2.05) is 24.3 Å². The van der Waals surface area contributed by atoms with Crippen molar-refractivity contribution in [3.63, 3.8) is 0 Å². The normalized spacial score (nSPS) is 12.9. The highest BCUT2D eigenvalue weighted by Gasteiger charge is 2.33. The van der Waals surface area contributed by atoms with E-state index in [-0.39, 0.29) is 12.8 Å². The quantitative estimate of drug-likeness (QED) is 0.307. The van der Waals surface area contributed by atoms with Crippen LogP contribution in [0.2, 0.25) is 0 Å². The molecule has 1 aromatic heterocycles. The predicted molar refractivity (Wildman–Crippen MR) is 114 cm³/mol. The van der Waals surface area contributed by atoms with E-state index in [1.165, 1.54) is 0 Å². The minimum atomic E-state index is -1.35. The Kier molecular flexibility index (Phi) is 7.01. The number of hydrogen-bond acceptors (Lipinski definition) is 5. The second-order valence-corrected chi connectivity index (χ2v) is 7.10. The summed E-state index contributed by atoms with van der Waals surface area (Å²) < 4.78 is 0. The molecule has 0 saturated heterocycles. The maximum atomic E-state index is 12.5. The van der Waals surface area contributed by atoms with E-state index in [0.717, 1.165) is 21.5 Å². The molecule has 0 aliphatic rings. The van der Waals surface area contributed by atoms with Crippen LogP contribution in [0.25, 0.3) is 10.9 Å². The van der Waals surface area contributed by atoms with Gasteiger partial charge in [-0.2, -0.15) is 0 Å². The van der Waals surface area contributed by atoms with Gasteiger partial charge in [-0.05, 0) is 17.2 Å². The summed E-state index contributed by atoms with van der Waals surface area (Å²) in [5.74, 6) is -3.20. The number of benzene rings is 2. The topological polar surface area (TPSA) is 149 Å². The minimum absolute atomic E-state index is 0.0320. The summed E-state index contributed by atoms with van der Waals surface area (Å²) in [4.78, 5) is 39.6. The molecule has 31 heavy (non-hydrogen) atoms. The van der Waals surface area contributed by atoms with Crippen molar-refractivity contribution in [1.29, 1.82) is 0 Å². The summed E-state index contributed by atoms with van der Waals surface area (Å²) in [5, 5.41) is 21.2. The first-order valence-corrected chi connectivity index (χ1v) is 9.73. The van der Waals surface area contributed by atoms with E-state index in [2.05, 4.69) is 10.4 Å². The average Bonchev–Trinajstić information content (AvgIpc) is 3.18. The fourth-order valence-corrected chi connectivity index (χ4v) is 3.44. The Hall–Kier alpha value is -3.69. The standard InChI is InChI=1S/C22H24N4O5/c23-12-20(27)26(25-18(21(28)29)10-14-6-2-1-3-7-14)19(22(30)31)11-15-13-24-17-9-5-4-8-16(15)17/h1-9,13,18-19,24-25H,10-12,23H2,(H,28,29)(H,30,31)/t18-,19-/m0/s1. The molecule has 3 aromatic rings. The van der Waals surface area contributed by atoms with Gasteiger partial charge in [-0.1, -0.05) is 48.5 Å². The number of amides is 1. The summed E-state index contributed by atoms with van der Waals surface area (Å²) in [5.41, 5.74) is 10.4. The van der Waals surface area contributed by atoms with Crippen LogP contribution < -0.4 is 11.2 Å². The lowest BCUT2D eigenvalue weighted by atomic mass is 10.0.